The van der Waals surface area contributed by atoms with Gasteiger partial charge in [0, 0.05) is 5.56 Å². The van der Waals surface area contributed by atoms with E-state index in [1.54, 1.807) is 0 Å². The Morgan fingerprint density at radius 3 is 1.90 bits per heavy atom. The van der Waals surface area contributed by atoms with Gasteiger partial charge >= 0.3 is 0 Å². The molecule has 106 valence electrons. The lowest BCUT2D eigenvalue weighted by molar-refractivity contribution is 0.347. The third kappa shape index (κ3) is 2.87. The molecule has 3 aromatic rings. The molecule has 0 aliphatic heterocycles. The average Bonchev–Trinajstić information content (AvgIpc) is 2.98. The van der Waals surface area contributed by atoms with Crippen LogP contribution in [0.2, 0.25) is 0 Å². The van der Waals surface area contributed by atoms with Crippen LogP contribution < -0.4 is 0 Å². The highest BCUT2D eigenvalue weighted by molar-refractivity contribution is 5.68. The van der Waals surface area contributed by atoms with Crippen LogP contribution >= 0.6 is 0 Å². The van der Waals surface area contributed by atoms with Crippen molar-refractivity contribution in [2.24, 2.45) is 0 Å². The van der Waals surface area contributed by atoms with E-state index in [4.69, 9.17) is 0 Å². The number of nitrogens with zero attached hydrogens (tertiary/aromatic N) is 3. The minimum Gasteiger partial charge on any atom is -0.247 e. The maximum atomic E-state index is 4.27. The Morgan fingerprint density at radius 2 is 1.33 bits per heavy atom. The van der Waals surface area contributed by atoms with E-state index in [9.17, 15) is 0 Å². The van der Waals surface area contributed by atoms with Crippen molar-refractivity contribution in [1.29, 1.82) is 0 Å². The second-order valence-electron chi connectivity index (χ2n) is 6.16. The van der Waals surface area contributed by atoms with E-state index in [1.165, 1.54) is 11.1 Å². The molecule has 0 aliphatic rings. The topological polar surface area (TPSA) is 30.7 Å². The van der Waals surface area contributed by atoms with E-state index in [0.717, 1.165) is 11.3 Å². The van der Waals surface area contributed by atoms with Gasteiger partial charge in [0.1, 0.15) is 5.69 Å². The van der Waals surface area contributed by atoms with Gasteiger partial charge in [0.2, 0.25) is 0 Å². The number of benzene rings is 2. The molecule has 3 nitrogen and oxygen atoms in total. The molecule has 0 saturated heterocycles. The van der Waals surface area contributed by atoms with E-state index < -0.39 is 0 Å². The summed E-state index contributed by atoms with van der Waals surface area (Å²) in [6.07, 6.45) is 2.00. The first-order valence-corrected chi connectivity index (χ1v) is 7.13. The highest BCUT2D eigenvalue weighted by Crippen LogP contribution is 2.24. The van der Waals surface area contributed by atoms with Crippen molar-refractivity contribution in [3.8, 4) is 22.4 Å². The molecule has 0 amide bonds. The Hall–Kier alpha value is -2.42. The van der Waals surface area contributed by atoms with Crippen molar-refractivity contribution in [1.82, 2.24) is 15.0 Å². The Bertz CT molecular complexity index is 719. The first-order chi connectivity index (χ1) is 10.0. The Morgan fingerprint density at radius 1 is 0.762 bits per heavy atom. The van der Waals surface area contributed by atoms with Gasteiger partial charge in [-0.1, -0.05) is 59.8 Å². The van der Waals surface area contributed by atoms with Crippen molar-refractivity contribution in [2.45, 2.75) is 26.3 Å². The summed E-state index contributed by atoms with van der Waals surface area (Å²) < 4.78 is 1.90. The monoisotopic (exact) mass is 277 g/mol. The quantitative estimate of drug-likeness (QED) is 0.696. The number of hydrogen-bond donors (Lipinski definition) is 0. The van der Waals surface area contributed by atoms with Gasteiger partial charge in [0.25, 0.3) is 0 Å². The molecular formula is C18H19N3. The molecule has 1 heterocycles. The molecule has 0 saturated carbocycles. The van der Waals surface area contributed by atoms with Crippen LogP contribution in [0.1, 0.15) is 20.8 Å². The second kappa shape index (κ2) is 5.17. The van der Waals surface area contributed by atoms with Gasteiger partial charge in [-0.25, -0.2) is 4.68 Å². The molecule has 0 N–H and O–H groups in total. The van der Waals surface area contributed by atoms with Gasteiger partial charge in [-0.15, -0.1) is 5.10 Å². The second-order valence-corrected chi connectivity index (χ2v) is 6.16. The fourth-order valence-corrected chi connectivity index (χ4v) is 2.19. The molecule has 0 atom stereocenters. The van der Waals surface area contributed by atoms with Crippen LogP contribution in [0.5, 0.6) is 0 Å². The summed E-state index contributed by atoms with van der Waals surface area (Å²) >= 11 is 0. The van der Waals surface area contributed by atoms with Crippen molar-refractivity contribution < 1.29 is 0 Å². The lowest BCUT2D eigenvalue weighted by Crippen LogP contribution is -2.22. The highest BCUT2D eigenvalue weighted by Gasteiger charge is 2.15. The largest absolute Gasteiger partial charge is 0.247 e. The van der Waals surface area contributed by atoms with E-state index in [2.05, 4.69) is 79.6 Å². The summed E-state index contributed by atoms with van der Waals surface area (Å²) in [5, 5.41) is 8.48. The zero-order valence-electron chi connectivity index (χ0n) is 12.6. The first-order valence-electron chi connectivity index (χ1n) is 7.13. The molecule has 21 heavy (non-hydrogen) atoms. The third-order valence-corrected chi connectivity index (χ3v) is 3.47. The molecule has 3 heteroatoms. The summed E-state index contributed by atoms with van der Waals surface area (Å²) in [5.41, 5.74) is 4.38. The number of hydrogen-bond acceptors (Lipinski definition) is 2. The van der Waals surface area contributed by atoms with E-state index in [0.29, 0.717) is 0 Å². The lowest BCUT2D eigenvalue weighted by Gasteiger charge is -2.17. The standard InChI is InChI=1S/C18H19N3/c1-18(2,3)21-13-17(19-20-21)16-11-9-15(10-12-16)14-7-5-4-6-8-14/h4-13H,1-3H3. The van der Waals surface area contributed by atoms with Crippen molar-refractivity contribution in [3.63, 3.8) is 0 Å². The predicted molar refractivity (Wildman–Crippen MR) is 85.9 cm³/mol. The van der Waals surface area contributed by atoms with Gasteiger partial charge in [0.05, 0.1) is 11.7 Å². The van der Waals surface area contributed by atoms with Gasteiger partial charge in [-0.3, -0.25) is 0 Å². The molecule has 1 aromatic heterocycles. The van der Waals surface area contributed by atoms with E-state index >= 15 is 0 Å². The zero-order chi connectivity index (χ0) is 14.9. The zero-order valence-corrected chi connectivity index (χ0v) is 12.6. The number of rotatable bonds is 2. The van der Waals surface area contributed by atoms with Crippen molar-refractivity contribution in [3.05, 3.63) is 60.8 Å². The Kier molecular flexibility index (Phi) is 3.34. The van der Waals surface area contributed by atoms with Crippen LogP contribution in [-0.4, -0.2) is 15.0 Å². The summed E-state index contributed by atoms with van der Waals surface area (Å²) in [6.45, 7) is 6.35. The van der Waals surface area contributed by atoms with Gasteiger partial charge in [0.15, 0.2) is 0 Å². The molecule has 0 unspecified atom stereocenters. The maximum absolute atomic E-state index is 4.27. The SMILES string of the molecule is CC(C)(C)n1cc(-c2ccc(-c3ccccc3)cc2)nn1. The minimum atomic E-state index is -0.0464. The summed E-state index contributed by atoms with van der Waals surface area (Å²) in [5.74, 6) is 0. The minimum absolute atomic E-state index is 0.0464. The van der Waals surface area contributed by atoms with Gasteiger partial charge in [-0.05, 0) is 31.9 Å². The van der Waals surface area contributed by atoms with Crippen LogP contribution in [0.3, 0.4) is 0 Å². The van der Waals surface area contributed by atoms with Gasteiger partial charge in [-0.2, -0.15) is 0 Å². The first kappa shape index (κ1) is 13.6. The van der Waals surface area contributed by atoms with Gasteiger partial charge < -0.3 is 0 Å². The van der Waals surface area contributed by atoms with Crippen LogP contribution in [0, 0.1) is 0 Å². The summed E-state index contributed by atoms with van der Waals surface area (Å²) in [4.78, 5) is 0. The van der Waals surface area contributed by atoms with Crippen LogP contribution in [0.4, 0.5) is 0 Å². The lowest BCUT2D eigenvalue weighted by atomic mass is 10.0. The molecule has 2 aromatic carbocycles. The Balaban J connectivity index is 1.89. The van der Waals surface area contributed by atoms with Crippen LogP contribution in [0.15, 0.2) is 60.8 Å². The van der Waals surface area contributed by atoms with Crippen LogP contribution in [0.25, 0.3) is 22.4 Å². The smallest absolute Gasteiger partial charge is 0.113 e. The molecular weight excluding hydrogens is 258 g/mol. The Labute approximate surface area is 125 Å². The molecule has 0 spiro atoms. The maximum Gasteiger partial charge on any atom is 0.113 e. The average molecular weight is 277 g/mol. The number of aromatic nitrogens is 3. The molecule has 0 fully saturated rings. The summed E-state index contributed by atoms with van der Waals surface area (Å²) in [6, 6.07) is 18.8. The van der Waals surface area contributed by atoms with Crippen molar-refractivity contribution >= 4 is 0 Å². The highest BCUT2D eigenvalue weighted by atomic mass is 15.4. The fourth-order valence-electron chi connectivity index (χ4n) is 2.19. The predicted octanol–water partition coefficient (Wildman–Crippen LogP) is 4.37. The van der Waals surface area contributed by atoms with Crippen LogP contribution in [-0.2, 0) is 5.54 Å². The molecule has 0 bridgehead atoms. The van der Waals surface area contributed by atoms with E-state index in [1.807, 2.05) is 16.9 Å². The molecule has 0 radical (unpaired) electrons. The van der Waals surface area contributed by atoms with E-state index in [-0.39, 0.29) is 5.54 Å². The normalized spacial score (nSPS) is 11.6. The summed E-state index contributed by atoms with van der Waals surface area (Å²) in [7, 11) is 0. The van der Waals surface area contributed by atoms with Crippen molar-refractivity contribution in [2.75, 3.05) is 0 Å². The third-order valence-electron chi connectivity index (χ3n) is 3.47. The molecule has 0 aliphatic carbocycles. The fraction of sp³-hybridized carbons (Fsp3) is 0.222. The molecule has 3 rings (SSSR count).